The van der Waals surface area contributed by atoms with Crippen molar-refractivity contribution in [1.82, 2.24) is 9.29 Å². The first-order valence-electron chi connectivity index (χ1n) is 11.1. The third-order valence-electron chi connectivity index (χ3n) is 6.23. The molecule has 0 unspecified atom stereocenters. The van der Waals surface area contributed by atoms with Crippen molar-refractivity contribution >= 4 is 42.2 Å². The van der Waals surface area contributed by atoms with Crippen molar-refractivity contribution in [2.45, 2.75) is 36.5 Å². The second kappa shape index (κ2) is 9.81. The van der Waals surface area contributed by atoms with Crippen LogP contribution in [0.15, 0.2) is 57.6 Å². The van der Waals surface area contributed by atoms with Gasteiger partial charge < -0.3 is 5.32 Å². The molecular formula is C24H27N3O5S3. The number of carbonyl (C=O) groups excluding carboxylic acids is 1. The standard InChI is InChI=1S/C24H27N3O5S3/c1-16-7-8-19(13-17(16)2)22-15-33-24(25-22)26-23(28)18-9-11-27(12-10-18)35(31,32)21-6-4-5-20(14-21)34(3,29)30/h4-8,13-15,18H,9-12H2,1-3H3,(H,25,26,28). The van der Waals surface area contributed by atoms with Crippen LogP contribution in [-0.2, 0) is 24.7 Å². The number of aromatic nitrogens is 1. The van der Waals surface area contributed by atoms with E-state index < -0.39 is 19.9 Å². The van der Waals surface area contributed by atoms with E-state index in [-0.39, 0.29) is 34.7 Å². The molecule has 2 aromatic carbocycles. The zero-order valence-corrected chi connectivity index (χ0v) is 22.1. The molecule has 186 valence electrons. The molecule has 0 bridgehead atoms. The number of sulfone groups is 1. The molecule has 1 saturated heterocycles. The van der Waals surface area contributed by atoms with Crippen molar-refractivity contribution in [2.75, 3.05) is 24.7 Å². The van der Waals surface area contributed by atoms with Crippen LogP contribution >= 0.6 is 11.3 Å². The number of rotatable bonds is 6. The number of thiazole rings is 1. The summed E-state index contributed by atoms with van der Waals surface area (Å²) < 4.78 is 51.0. The Morgan fingerprint density at radius 2 is 1.69 bits per heavy atom. The van der Waals surface area contributed by atoms with E-state index in [9.17, 15) is 21.6 Å². The van der Waals surface area contributed by atoms with Gasteiger partial charge in [0.05, 0.1) is 15.5 Å². The molecule has 3 aromatic rings. The molecule has 0 radical (unpaired) electrons. The third-order valence-corrected chi connectivity index (χ3v) is 10.00. The van der Waals surface area contributed by atoms with E-state index in [1.54, 1.807) is 0 Å². The van der Waals surface area contributed by atoms with E-state index in [1.807, 2.05) is 24.4 Å². The highest BCUT2D eigenvalue weighted by molar-refractivity contribution is 7.91. The summed E-state index contributed by atoms with van der Waals surface area (Å²) in [7, 11) is -7.39. The second-order valence-corrected chi connectivity index (χ2v) is 13.6. The van der Waals surface area contributed by atoms with Crippen molar-refractivity contribution in [3.8, 4) is 11.3 Å². The molecule has 1 fully saturated rings. The van der Waals surface area contributed by atoms with Crippen molar-refractivity contribution in [1.29, 1.82) is 0 Å². The topological polar surface area (TPSA) is 114 Å². The number of nitrogens with one attached hydrogen (secondary N) is 1. The Morgan fingerprint density at radius 1 is 1.00 bits per heavy atom. The summed E-state index contributed by atoms with van der Waals surface area (Å²) in [5.74, 6) is -0.514. The zero-order valence-electron chi connectivity index (χ0n) is 19.7. The number of benzene rings is 2. The quantitative estimate of drug-likeness (QED) is 0.515. The van der Waals surface area contributed by atoms with Crippen LogP contribution in [0, 0.1) is 19.8 Å². The van der Waals surface area contributed by atoms with Gasteiger partial charge >= 0.3 is 0 Å². The largest absolute Gasteiger partial charge is 0.302 e. The van der Waals surface area contributed by atoms with Crippen LogP contribution in [0.4, 0.5) is 5.13 Å². The Morgan fingerprint density at radius 3 is 2.34 bits per heavy atom. The summed E-state index contributed by atoms with van der Waals surface area (Å²) in [6.07, 6.45) is 1.77. The van der Waals surface area contributed by atoms with E-state index in [2.05, 4.69) is 23.3 Å². The normalized spacial score (nSPS) is 15.7. The molecular weight excluding hydrogens is 506 g/mol. The van der Waals surface area contributed by atoms with Crippen LogP contribution in [0.3, 0.4) is 0 Å². The fourth-order valence-corrected chi connectivity index (χ4v) is 6.92. The predicted octanol–water partition coefficient (Wildman–Crippen LogP) is 3.87. The maximum absolute atomic E-state index is 13.0. The van der Waals surface area contributed by atoms with E-state index in [1.165, 1.54) is 51.0 Å². The molecule has 0 atom stereocenters. The minimum absolute atomic E-state index is 0.0450. The lowest BCUT2D eigenvalue weighted by Gasteiger charge is -2.30. The van der Waals surface area contributed by atoms with Gasteiger partial charge in [-0.2, -0.15) is 4.31 Å². The minimum atomic E-state index is -3.86. The van der Waals surface area contributed by atoms with Gasteiger partial charge in [-0.3, -0.25) is 4.79 Å². The fourth-order valence-electron chi connectivity index (χ4n) is 3.94. The molecule has 35 heavy (non-hydrogen) atoms. The van der Waals surface area contributed by atoms with E-state index in [0.29, 0.717) is 18.0 Å². The number of hydrogen-bond donors (Lipinski definition) is 1. The Kier molecular flexibility index (Phi) is 7.14. The summed E-state index contributed by atoms with van der Waals surface area (Å²) in [6, 6.07) is 11.5. The number of sulfonamides is 1. The number of aryl methyl sites for hydroxylation is 2. The van der Waals surface area contributed by atoms with Crippen LogP contribution in [-0.4, -0.2) is 51.4 Å². The van der Waals surface area contributed by atoms with Crippen molar-refractivity contribution < 1.29 is 21.6 Å². The summed E-state index contributed by atoms with van der Waals surface area (Å²) in [6.45, 7) is 4.45. The summed E-state index contributed by atoms with van der Waals surface area (Å²) in [4.78, 5) is 17.2. The number of nitrogens with zero attached hydrogens (tertiary/aromatic N) is 2. The molecule has 1 aliphatic rings. The minimum Gasteiger partial charge on any atom is -0.302 e. The Hall–Kier alpha value is -2.60. The van der Waals surface area contributed by atoms with Gasteiger partial charge in [-0.1, -0.05) is 18.2 Å². The van der Waals surface area contributed by atoms with Gasteiger partial charge in [-0.05, 0) is 62.1 Å². The lowest BCUT2D eigenvalue weighted by Crippen LogP contribution is -2.41. The average molecular weight is 534 g/mol. The van der Waals surface area contributed by atoms with Gasteiger partial charge in [0.1, 0.15) is 0 Å². The predicted molar refractivity (Wildman–Crippen MR) is 137 cm³/mol. The third kappa shape index (κ3) is 5.64. The number of piperidine rings is 1. The molecule has 1 N–H and O–H groups in total. The monoisotopic (exact) mass is 533 g/mol. The lowest BCUT2D eigenvalue weighted by atomic mass is 9.97. The number of hydrogen-bond acceptors (Lipinski definition) is 7. The van der Waals surface area contributed by atoms with Crippen molar-refractivity contribution in [2.24, 2.45) is 5.92 Å². The molecule has 1 aromatic heterocycles. The molecule has 1 aliphatic heterocycles. The molecule has 11 heteroatoms. The Labute approximate surface area is 210 Å². The number of anilines is 1. The molecule has 0 saturated carbocycles. The lowest BCUT2D eigenvalue weighted by molar-refractivity contribution is -0.120. The second-order valence-electron chi connectivity index (χ2n) is 8.75. The molecule has 1 amide bonds. The highest BCUT2D eigenvalue weighted by atomic mass is 32.2. The summed E-state index contributed by atoms with van der Waals surface area (Å²) in [5, 5.41) is 5.28. The van der Waals surface area contributed by atoms with Gasteiger partial charge in [-0.25, -0.2) is 21.8 Å². The highest BCUT2D eigenvalue weighted by Gasteiger charge is 2.32. The fraction of sp³-hybridized carbons (Fsp3) is 0.333. The maximum atomic E-state index is 13.0. The number of carbonyl (C=O) groups is 1. The first-order chi connectivity index (χ1) is 16.4. The number of amides is 1. The highest BCUT2D eigenvalue weighted by Crippen LogP contribution is 2.29. The summed E-state index contributed by atoms with van der Waals surface area (Å²) in [5.41, 5.74) is 4.16. The molecule has 4 rings (SSSR count). The van der Waals surface area contributed by atoms with E-state index in [0.717, 1.165) is 17.5 Å². The van der Waals surface area contributed by atoms with Gasteiger partial charge in [0.2, 0.25) is 15.9 Å². The van der Waals surface area contributed by atoms with Gasteiger partial charge in [0, 0.05) is 36.2 Å². The van der Waals surface area contributed by atoms with Crippen LogP contribution in [0.2, 0.25) is 0 Å². The molecule has 0 spiro atoms. The average Bonchev–Trinajstić information content (AvgIpc) is 3.29. The van der Waals surface area contributed by atoms with E-state index >= 15 is 0 Å². The van der Waals surface area contributed by atoms with Crippen LogP contribution in [0.25, 0.3) is 11.3 Å². The zero-order chi connectivity index (χ0) is 25.4. The molecule has 0 aliphatic carbocycles. The first kappa shape index (κ1) is 25.5. The smallest absolute Gasteiger partial charge is 0.243 e. The van der Waals surface area contributed by atoms with Gasteiger partial charge in [0.25, 0.3) is 0 Å². The maximum Gasteiger partial charge on any atom is 0.243 e. The Bertz CT molecular complexity index is 1470. The van der Waals surface area contributed by atoms with Crippen LogP contribution in [0.1, 0.15) is 24.0 Å². The van der Waals surface area contributed by atoms with E-state index in [4.69, 9.17) is 0 Å². The molecule has 2 heterocycles. The SMILES string of the molecule is Cc1ccc(-c2csc(NC(=O)C3CCN(S(=O)(=O)c4cccc(S(C)(=O)=O)c4)CC3)n2)cc1C. The first-order valence-corrected chi connectivity index (χ1v) is 15.3. The van der Waals surface area contributed by atoms with Crippen molar-refractivity contribution in [3.05, 3.63) is 59.0 Å². The van der Waals surface area contributed by atoms with Gasteiger partial charge in [-0.15, -0.1) is 11.3 Å². The molecule has 8 nitrogen and oxygen atoms in total. The Balaban J connectivity index is 1.39. The summed E-state index contributed by atoms with van der Waals surface area (Å²) >= 11 is 1.35. The van der Waals surface area contributed by atoms with Crippen LogP contribution < -0.4 is 5.32 Å². The van der Waals surface area contributed by atoms with Crippen LogP contribution in [0.5, 0.6) is 0 Å². The van der Waals surface area contributed by atoms with Gasteiger partial charge in [0.15, 0.2) is 15.0 Å². The van der Waals surface area contributed by atoms with Crippen molar-refractivity contribution in [3.63, 3.8) is 0 Å².